The first kappa shape index (κ1) is 14.4. The van der Waals surface area contributed by atoms with Crippen LogP contribution in [0.2, 0.25) is 0 Å². The van der Waals surface area contributed by atoms with E-state index in [9.17, 15) is 4.79 Å². The Balaban J connectivity index is 1.77. The Bertz CT molecular complexity index is 664. The fraction of sp³-hybridized carbons (Fsp3) is 0.278. The number of rotatable bonds is 4. The van der Waals surface area contributed by atoms with Crippen LogP contribution in [0.1, 0.15) is 23.2 Å². The number of methoxy groups -OCH3 is 1. The molecule has 4 heteroatoms. The van der Waals surface area contributed by atoms with Gasteiger partial charge in [0.05, 0.1) is 12.7 Å². The SMILES string of the molecule is COc1ccccc1C(=O)Nc1cccc(N2CCCC2)c1. The van der Waals surface area contributed by atoms with Crippen molar-refractivity contribution < 1.29 is 9.53 Å². The number of para-hydroxylation sites is 1. The molecular formula is C18H20N2O2. The van der Waals surface area contributed by atoms with E-state index < -0.39 is 0 Å². The predicted molar refractivity (Wildman–Crippen MR) is 88.8 cm³/mol. The first-order valence-corrected chi connectivity index (χ1v) is 7.57. The summed E-state index contributed by atoms with van der Waals surface area (Å²) in [5.74, 6) is 0.423. The van der Waals surface area contributed by atoms with E-state index >= 15 is 0 Å². The van der Waals surface area contributed by atoms with Crippen molar-refractivity contribution in [3.63, 3.8) is 0 Å². The molecule has 0 saturated carbocycles. The molecule has 1 amide bonds. The third-order valence-corrected chi connectivity index (χ3v) is 3.93. The number of carbonyl (C=O) groups excluding carboxylic acids is 1. The summed E-state index contributed by atoms with van der Waals surface area (Å²) < 4.78 is 5.24. The third kappa shape index (κ3) is 3.06. The lowest BCUT2D eigenvalue weighted by molar-refractivity contribution is 0.102. The van der Waals surface area contributed by atoms with E-state index in [1.165, 1.54) is 12.8 Å². The van der Waals surface area contributed by atoms with Gasteiger partial charge >= 0.3 is 0 Å². The van der Waals surface area contributed by atoms with Crippen molar-refractivity contribution in [1.29, 1.82) is 0 Å². The minimum atomic E-state index is -0.156. The molecule has 3 rings (SSSR count). The molecule has 0 unspecified atom stereocenters. The van der Waals surface area contributed by atoms with Crippen LogP contribution >= 0.6 is 0 Å². The van der Waals surface area contributed by atoms with Gasteiger partial charge in [0.2, 0.25) is 0 Å². The summed E-state index contributed by atoms with van der Waals surface area (Å²) in [6.45, 7) is 2.17. The maximum absolute atomic E-state index is 12.4. The molecular weight excluding hydrogens is 276 g/mol. The number of hydrogen-bond donors (Lipinski definition) is 1. The van der Waals surface area contributed by atoms with E-state index in [0.717, 1.165) is 24.5 Å². The molecule has 22 heavy (non-hydrogen) atoms. The normalized spacial score (nSPS) is 14.0. The number of ether oxygens (including phenoxy) is 1. The molecule has 2 aromatic carbocycles. The first-order chi connectivity index (χ1) is 10.8. The Morgan fingerprint density at radius 3 is 2.64 bits per heavy atom. The summed E-state index contributed by atoms with van der Waals surface area (Å²) in [6, 6.07) is 15.2. The van der Waals surface area contributed by atoms with Crippen LogP contribution in [-0.4, -0.2) is 26.1 Å². The van der Waals surface area contributed by atoms with Gasteiger partial charge in [-0.2, -0.15) is 0 Å². The Labute approximate surface area is 130 Å². The number of benzene rings is 2. The highest BCUT2D eigenvalue weighted by atomic mass is 16.5. The van der Waals surface area contributed by atoms with Gasteiger partial charge in [-0.15, -0.1) is 0 Å². The van der Waals surface area contributed by atoms with E-state index in [1.807, 2.05) is 30.3 Å². The largest absolute Gasteiger partial charge is 0.496 e. The number of carbonyl (C=O) groups is 1. The van der Waals surface area contributed by atoms with Gasteiger partial charge < -0.3 is 15.0 Å². The van der Waals surface area contributed by atoms with Gasteiger partial charge in [0.15, 0.2) is 0 Å². The Kier molecular flexibility index (Phi) is 4.28. The minimum Gasteiger partial charge on any atom is -0.496 e. The molecule has 4 nitrogen and oxygen atoms in total. The van der Waals surface area contributed by atoms with Crippen LogP contribution in [0.15, 0.2) is 48.5 Å². The first-order valence-electron chi connectivity index (χ1n) is 7.57. The summed E-state index contributed by atoms with van der Waals surface area (Å²) >= 11 is 0. The zero-order chi connectivity index (χ0) is 15.4. The molecule has 0 aromatic heterocycles. The second kappa shape index (κ2) is 6.52. The summed E-state index contributed by atoms with van der Waals surface area (Å²) in [4.78, 5) is 14.8. The predicted octanol–water partition coefficient (Wildman–Crippen LogP) is 3.55. The van der Waals surface area contributed by atoms with E-state index in [1.54, 1.807) is 19.2 Å². The molecule has 0 spiro atoms. The van der Waals surface area contributed by atoms with Gasteiger partial charge in [-0.3, -0.25) is 4.79 Å². The van der Waals surface area contributed by atoms with Gasteiger partial charge in [-0.05, 0) is 43.2 Å². The highest BCUT2D eigenvalue weighted by Crippen LogP contribution is 2.24. The summed E-state index contributed by atoms with van der Waals surface area (Å²) in [7, 11) is 1.57. The average molecular weight is 296 g/mol. The lowest BCUT2D eigenvalue weighted by Crippen LogP contribution is -2.18. The molecule has 2 aromatic rings. The molecule has 114 valence electrons. The highest BCUT2D eigenvalue weighted by Gasteiger charge is 2.14. The van der Waals surface area contributed by atoms with Crippen LogP contribution < -0.4 is 15.0 Å². The van der Waals surface area contributed by atoms with Gasteiger partial charge in [-0.1, -0.05) is 18.2 Å². The molecule has 1 aliphatic heterocycles. The zero-order valence-corrected chi connectivity index (χ0v) is 12.7. The van der Waals surface area contributed by atoms with E-state index in [0.29, 0.717) is 11.3 Å². The highest BCUT2D eigenvalue weighted by molar-refractivity contribution is 6.06. The lowest BCUT2D eigenvalue weighted by Gasteiger charge is -2.18. The molecule has 1 heterocycles. The topological polar surface area (TPSA) is 41.6 Å². The third-order valence-electron chi connectivity index (χ3n) is 3.93. The fourth-order valence-corrected chi connectivity index (χ4v) is 2.79. The molecule has 0 bridgehead atoms. The van der Waals surface area contributed by atoms with Gasteiger partial charge in [-0.25, -0.2) is 0 Å². The Morgan fingerprint density at radius 2 is 1.86 bits per heavy atom. The van der Waals surface area contributed by atoms with Crippen molar-refractivity contribution in [3.05, 3.63) is 54.1 Å². The minimum absolute atomic E-state index is 0.156. The molecule has 1 fully saturated rings. The Hall–Kier alpha value is -2.49. The average Bonchev–Trinajstić information content (AvgIpc) is 3.09. The fourth-order valence-electron chi connectivity index (χ4n) is 2.79. The van der Waals surface area contributed by atoms with Gasteiger partial charge in [0.25, 0.3) is 5.91 Å². The maximum Gasteiger partial charge on any atom is 0.259 e. The van der Waals surface area contributed by atoms with Crippen LogP contribution in [0.5, 0.6) is 5.75 Å². The van der Waals surface area contributed by atoms with Crippen molar-refractivity contribution in [2.75, 3.05) is 30.4 Å². The van der Waals surface area contributed by atoms with E-state index in [2.05, 4.69) is 16.3 Å². The number of anilines is 2. The summed E-state index contributed by atoms with van der Waals surface area (Å²) in [6.07, 6.45) is 2.47. The lowest BCUT2D eigenvalue weighted by atomic mass is 10.1. The van der Waals surface area contributed by atoms with E-state index in [-0.39, 0.29) is 5.91 Å². The van der Waals surface area contributed by atoms with Gasteiger partial charge in [0.1, 0.15) is 5.75 Å². The molecule has 1 saturated heterocycles. The smallest absolute Gasteiger partial charge is 0.259 e. The van der Waals surface area contributed by atoms with Crippen LogP contribution in [0.4, 0.5) is 11.4 Å². The van der Waals surface area contributed by atoms with Crippen molar-refractivity contribution in [2.45, 2.75) is 12.8 Å². The van der Waals surface area contributed by atoms with Crippen molar-refractivity contribution >= 4 is 17.3 Å². The van der Waals surface area contributed by atoms with Crippen LogP contribution in [-0.2, 0) is 0 Å². The molecule has 0 radical (unpaired) electrons. The van der Waals surface area contributed by atoms with Crippen molar-refractivity contribution in [1.82, 2.24) is 0 Å². The van der Waals surface area contributed by atoms with Crippen molar-refractivity contribution in [3.8, 4) is 5.75 Å². The van der Waals surface area contributed by atoms with Crippen LogP contribution in [0.25, 0.3) is 0 Å². The second-order valence-corrected chi connectivity index (χ2v) is 5.40. The standard InChI is InChI=1S/C18H20N2O2/c1-22-17-10-3-2-9-16(17)18(21)19-14-7-6-8-15(13-14)20-11-4-5-12-20/h2-3,6-10,13H,4-5,11-12H2,1H3,(H,19,21). The zero-order valence-electron chi connectivity index (χ0n) is 12.7. The second-order valence-electron chi connectivity index (χ2n) is 5.40. The number of nitrogens with zero attached hydrogens (tertiary/aromatic N) is 1. The molecule has 1 N–H and O–H groups in total. The maximum atomic E-state index is 12.4. The van der Waals surface area contributed by atoms with Crippen LogP contribution in [0, 0.1) is 0 Å². The monoisotopic (exact) mass is 296 g/mol. The molecule has 0 atom stereocenters. The summed E-state index contributed by atoms with van der Waals surface area (Å²) in [5, 5.41) is 2.95. The summed E-state index contributed by atoms with van der Waals surface area (Å²) in [5.41, 5.74) is 2.51. The number of hydrogen-bond acceptors (Lipinski definition) is 3. The quantitative estimate of drug-likeness (QED) is 0.938. The molecule has 0 aliphatic carbocycles. The Morgan fingerprint density at radius 1 is 1.09 bits per heavy atom. The van der Waals surface area contributed by atoms with Crippen LogP contribution in [0.3, 0.4) is 0 Å². The molecule has 1 aliphatic rings. The number of nitrogens with one attached hydrogen (secondary N) is 1. The van der Waals surface area contributed by atoms with Gasteiger partial charge in [0, 0.05) is 24.5 Å². The van der Waals surface area contributed by atoms with Crippen molar-refractivity contribution in [2.24, 2.45) is 0 Å². The van der Waals surface area contributed by atoms with E-state index in [4.69, 9.17) is 4.74 Å². The number of amides is 1.